The summed E-state index contributed by atoms with van der Waals surface area (Å²) >= 11 is 0. The van der Waals surface area contributed by atoms with Crippen molar-refractivity contribution in [3.05, 3.63) is 30.4 Å². The number of aromatic nitrogens is 4. The van der Waals surface area contributed by atoms with Crippen molar-refractivity contribution in [1.82, 2.24) is 19.5 Å². The van der Waals surface area contributed by atoms with Crippen LogP contribution in [0.5, 0.6) is 17.2 Å². The summed E-state index contributed by atoms with van der Waals surface area (Å²) < 4.78 is 23.1. The van der Waals surface area contributed by atoms with Crippen molar-refractivity contribution in [2.45, 2.75) is 24.5 Å². The van der Waals surface area contributed by atoms with E-state index in [0.29, 0.717) is 22.8 Å². The first-order valence-electron chi connectivity index (χ1n) is 9.69. The molecule has 0 spiro atoms. The molecule has 1 saturated heterocycles. The second kappa shape index (κ2) is 8.13. The van der Waals surface area contributed by atoms with Crippen LogP contribution in [0.15, 0.2) is 24.5 Å². The summed E-state index contributed by atoms with van der Waals surface area (Å²) in [6.45, 7) is -0.202. The molecular formula is C20H19N5O7. The van der Waals surface area contributed by atoms with Crippen LogP contribution in [0.2, 0.25) is 0 Å². The van der Waals surface area contributed by atoms with Crippen LogP contribution in [0, 0.1) is 11.8 Å². The zero-order valence-corrected chi connectivity index (χ0v) is 16.6. The van der Waals surface area contributed by atoms with Crippen LogP contribution in [-0.4, -0.2) is 73.2 Å². The molecule has 0 radical (unpaired) electrons. The number of rotatable bonds is 4. The van der Waals surface area contributed by atoms with E-state index in [2.05, 4.69) is 26.8 Å². The lowest BCUT2D eigenvalue weighted by molar-refractivity contribution is -0.0511. The quantitative estimate of drug-likeness (QED) is 0.373. The Morgan fingerprint density at radius 3 is 2.84 bits per heavy atom. The summed E-state index contributed by atoms with van der Waals surface area (Å²) in [7, 11) is 0. The molecule has 1 fully saturated rings. The van der Waals surface area contributed by atoms with Gasteiger partial charge in [-0.1, -0.05) is 5.92 Å². The van der Waals surface area contributed by atoms with Gasteiger partial charge in [0.2, 0.25) is 12.6 Å². The molecule has 1 aromatic carbocycles. The maximum atomic E-state index is 10.3. The number of nitrogens with two attached hydrogens (primary N) is 1. The van der Waals surface area contributed by atoms with Crippen molar-refractivity contribution in [3.8, 4) is 29.1 Å². The topological polar surface area (TPSA) is 167 Å². The molecule has 32 heavy (non-hydrogen) atoms. The van der Waals surface area contributed by atoms with Crippen molar-refractivity contribution in [1.29, 1.82) is 0 Å². The summed E-state index contributed by atoms with van der Waals surface area (Å²) in [4.78, 5) is 12.6. The molecule has 2 aliphatic heterocycles. The first kappa shape index (κ1) is 20.3. The lowest BCUT2D eigenvalue weighted by Gasteiger charge is -2.16. The Morgan fingerprint density at radius 1 is 1.19 bits per heavy atom. The van der Waals surface area contributed by atoms with Crippen LogP contribution < -0.4 is 19.9 Å². The number of benzene rings is 1. The molecule has 2 aromatic heterocycles. The first-order chi connectivity index (χ1) is 15.5. The van der Waals surface area contributed by atoms with Gasteiger partial charge in [0.05, 0.1) is 12.9 Å². The zero-order chi connectivity index (χ0) is 22.2. The summed E-state index contributed by atoms with van der Waals surface area (Å²) in [5.41, 5.74) is 6.56. The molecule has 166 valence electrons. The fraction of sp³-hybridized carbons (Fsp3) is 0.350. The van der Waals surface area contributed by atoms with Crippen LogP contribution in [0.4, 0.5) is 5.82 Å². The number of imidazole rings is 1. The number of nitrogen functional groups attached to an aromatic ring is 1. The van der Waals surface area contributed by atoms with Gasteiger partial charge in [0.25, 0.3) is 0 Å². The van der Waals surface area contributed by atoms with Crippen LogP contribution in [-0.2, 0) is 4.74 Å². The number of aliphatic hydroxyl groups excluding tert-OH is 3. The second-order valence-electron chi connectivity index (χ2n) is 7.09. The molecule has 0 aliphatic carbocycles. The molecule has 5 rings (SSSR count). The van der Waals surface area contributed by atoms with Crippen LogP contribution in [0.25, 0.3) is 11.2 Å². The van der Waals surface area contributed by atoms with E-state index in [0.717, 1.165) is 0 Å². The third-order valence-corrected chi connectivity index (χ3v) is 5.09. The predicted molar refractivity (Wildman–Crippen MR) is 108 cm³/mol. The molecule has 5 N–H and O–H groups in total. The fourth-order valence-corrected chi connectivity index (χ4v) is 3.49. The Bertz CT molecular complexity index is 1220. The number of anilines is 1. The lowest BCUT2D eigenvalue weighted by Crippen LogP contribution is -2.33. The molecule has 4 atom stereocenters. The van der Waals surface area contributed by atoms with E-state index >= 15 is 0 Å². The smallest absolute Gasteiger partial charge is 0.231 e. The van der Waals surface area contributed by atoms with Gasteiger partial charge in [0.15, 0.2) is 29.2 Å². The summed E-state index contributed by atoms with van der Waals surface area (Å²) in [5.74, 6) is 7.65. The number of hydrogen-bond donors (Lipinski definition) is 4. The Kier molecular flexibility index (Phi) is 5.16. The monoisotopic (exact) mass is 441 g/mol. The average Bonchev–Trinajstić information content (AvgIpc) is 3.49. The fourth-order valence-electron chi connectivity index (χ4n) is 3.49. The third kappa shape index (κ3) is 3.53. The maximum absolute atomic E-state index is 10.3. The molecule has 0 bridgehead atoms. The SMILES string of the molecule is Nc1nc(C#CCOc2ccc3c(c2)OCO3)nc2c1ncn2[C@@H]1O[C@H](CO)[C@@H](O)[C@H]1O. The molecule has 12 heteroatoms. The van der Waals surface area contributed by atoms with Crippen LogP contribution >= 0.6 is 0 Å². The van der Waals surface area contributed by atoms with Gasteiger partial charge < -0.3 is 40.0 Å². The van der Waals surface area contributed by atoms with Crippen molar-refractivity contribution in [3.63, 3.8) is 0 Å². The Balaban J connectivity index is 1.35. The maximum Gasteiger partial charge on any atom is 0.231 e. The zero-order valence-electron chi connectivity index (χ0n) is 16.6. The van der Waals surface area contributed by atoms with Crippen LogP contribution in [0.1, 0.15) is 12.1 Å². The average molecular weight is 441 g/mol. The highest BCUT2D eigenvalue weighted by Crippen LogP contribution is 2.35. The Morgan fingerprint density at radius 2 is 2.03 bits per heavy atom. The van der Waals surface area contributed by atoms with Crippen molar-refractivity contribution in [2.75, 3.05) is 25.7 Å². The van der Waals surface area contributed by atoms with Gasteiger partial charge in [0.1, 0.15) is 36.2 Å². The standard InChI is InChI=1S/C20H19N5O7/c21-18-15-19(25(8-22-15)20-17(28)16(27)13(7-26)32-20)24-14(23-18)2-1-5-29-10-3-4-11-12(6-10)31-9-30-11/h3-4,6,8,13,16-17,20,26-28H,5,7,9H2,(H2,21,23,24)/t13-,16-,17-,20-/m1/s1. The van der Waals surface area contributed by atoms with E-state index in [4.69, 9.17) is 24.7 Å². The van der Waals surface area contributed by atoms with Gasteiger partial charge in [-0.15, -0.1) is 0 Å². The van der Waals surface area contributed by atoms with Gasteiger partial charge in [0, 0.05) is 6.07 Å². The van der Waals surface area contributed by atoms with E-state index in [1.807, 2.05) is 0 Å². The number of nitrogens with zero attached hydrogens (tertiary/aromatic N) is 4. The Hall–Kier alpha value is -3.63. The van der Waals surface area contributed by atoms with E-state index in [9.17, 15) is 15.3 Å². The minimum absolute atomic E-state index is 0.0645. The number of ether oxygens (including phenoxy) is 4. The molecule has 3 aromatic rings. The predicted octanol–water partition coefficient (Wildman–Crippen LogP) is -0.821. The molecule has 2 aliphatic rings. The summed E-state index contributed by atoms with van der Waals surface area (Å²) in [6, 6.07) is 5.21. The highest BCUT2D eigenvalue weighted by molar-refractivity contribution is 5.82. The van der Waals surface area contributed by atoms with E-state index < -0.39 is 31.1 Å². The van der Waals surface area contributed by atoms with Gasteiger partial charge in [-0.05, 0) is 18.1 Å². The molecule has 0 unspecified atom stereocenters. The first-order valence-corrected chi connectivity index (χ1v) is 9.69. The third-order valence-electron chi connectivity index (χ3n) is 5.09. The molecule has 12 nitrogen and oxygen atoms in total. The highest BCUT2D eigenvalue weighted by Gasteiger charge is 2.44. The van der Waals surface area contributed by atoms with Crippen LogP contribution in [0.3, 0.4) is 0 Å². The summed E-state index contributed by atoms with van der Waals surface area (Å²) in [6.07, 6.45) is -3.11. The molecule has 4 heterocycles. The van der Waals surface area contributed by atoms with Gasteiger partial charge in [-0.25, -0.2) is 15.0 Å². The minimum atomic E-state index is -1.29. The van der Waals surface area contributed by atoms with Crippen molar-refractivity contribution in [2.24, 2.45) is 0 Å². The second-order valence-corrected chi connectivity index (χ2v) is 7.09. The van der Waals surface area contributed by atoms with E-state index in [1.54, 1.807) is 18.2 Å². The lowest BCUT2D eigenvalue weighted by atomic mass is 10.1. The molecule has 0 saturated carbocycles. The Labute approximate surface area is 181 Å². The van der Waals surface area contributed by atoms with Gasteiger partial charge in [-0.3, -0.25) is 4.57 Å². The van der Waals surface area contributed by atoms with E-state index in [1.165, 1.54) is 10.9 Å². The minimum Gasteiger partial charge on any atom is -0.481 e. The summed E-state index contributed by atoms with van der Waals surface area (Å²) in [5, 5.41) is 29.6. The largest absolute Gasteiger partial charge is 0.481 e. The highest BCUT2D eigenvalue weighted by atomic mass is 16.7. The van der Waals surface area contributed by atoms with Gasteiger partial charge >= 0.3 is 0 Å². The van der Waals surface area contributed by atoms with E-state index in [-0.39, 0.29) is 30.7 Å². The normalized spacial score (nSPS) is 23.8. The molecule has 0 amide bonds. The van der Waals surface area contributed by atoms with Crippen molar-refractivity contribution >= 4 is 17.0 Å². The number of aliphatic hydroxyl groups is 3. The number of hydrogen-bond acceptors (Lipinski definition) is 11. The van der Waals surface area contributed by atoms with Gasteiger partial charge in [-0.2, -0.15) is 0 Å². The molecular weight excluding hydrogens is 422 g/mol. The van der Waals surface area contributed by atoms with Crippen molar-refractivity contribution < 1.29 is 34.3 Å². The number of fused-ring (bicyclic) bond motifs is 2.